The highest BCUT2D eigenvalue weighted by atomic mass is 16.5. The van der Waals surface area contributed by atoms with Crippen LogP contribution < -0.4 is 5.32 Å². The number of pyridine rings is 1. The third kappa shape index (κ3) is 5.77. The number of methoxy groups -OCH3 is 1. The van der Waals surface area contributed by atoms with Gasteiger partial charge in [-0.05, 0) is 18.1 Å². The van der Waals surface area contributed by atoms with E-state index < -0.39 is 0 Å². The molecule has 1 fully saturated rings. The third-order valence-electron chi connectivity index (χ3n) is 4.75. The minimum atomic E-state index is 0.0578. The molecule has 3 rings (SSSR count). The van der Waals surface area contributed by atoms with Crippen LogP contribution in [0.3, 0.4) is 0 Å². The third-order valence-corrected chi connectivity index (χ3v) is 4.75. The molecule has 0 aliphatic carbocycles. The number of hydrogen-bond donors (Lipinski definition) is 1. The van der Waals surface area contributed by atoms with Gasteiger partial charge in [-0.3, -0.25) is 14.7 Å². The topological polar surface area (TPSA) is 57.7 Å². The van der Waals surface area contributed by atoms with Gasteiger partial charge in [-0.15, -0.1) is 0 Å². The molecular formula is C21H28N4O2. The predicted octanol–water partition coefficient (Wildman–Crippen LogP) is 2.49. The van der Waals surface area contributed by atoms with Crippen LogP contribution in [0.25, 0.3) is 0 Å². The lowest BCUT2D eigenvalue weighted by Crippen LogP contribution is -2.48. The van der Waals surface area contributed by atoms with Gasteiger partial charge in [-0.1, -0.05) is 30.3 Å². The van der Waals surface area contributed by atoms with Gasteiger partial charge in [-0.2, -0.15) is 0 Å². The molecule has 6 nitrogen and oxygen atoms in total. The Morgan fingerprint density at radius 2 is 1.93 bits per heavy atom. The van der Waals surface area contributed by atoms with Crippen molar-refractivity contribution < 1.29 is 9.53 Å². The van der Waals surface area contributed by atoms with Crippen LogP contribution in [0, 0.1) is 0 Å². The van der Waals surface area contributed by atoms with Gasteiger partial charge < -0.3 is 15.0 Å². The Bertz CT molecular complexity index is 715. The van der Waals surface area contributed by atoms with Gasteiger partial charge in [-0.25, -0.2) is 0 Å². The van der Waals surface area contributed by atoms with E-state index >= 15 is 0 Å². The van der Waals surface area contributed by atoms with Crippen molar-refractivity contribution in [2.45, 2.75) is 13.0 Å². The van der Waals surface area contributed by atoms with Gasteiger partial charge in [0.15, 0.2) is 0 Å². The van der Waals surface area contributed by atoms with E-state index in [-0.39, 0.29) is 5.91 Å². The van der Waals surface area contributed by atoms with E-state index in [1.165, 1.54) is 5.56 Å². The van der Waals surface area contributed by atoms with Crippen LogP contribution in [0.2, 0.25) is 0 Å². The molecule has 1 saturated heterocycles. The van der Waals surface area contributed by atoms with Gasteiger partial charge in [0.2, 0.25) is 0 Å². The Balaban J connectivity index is 1.50. The van der Waals surface area contributed by atoms with E-state index in [0.717, 1.165) is 51.4 Å². The van der Waals surface area contributed by atoms with E-state index in [0.29, 0.717) is 12.2 Å². The standard InChI is InChI=1S/C21H28N4O2/c1-27-13-5-8-23-20-14-19(15-22-16-20)21(26)25-11-9-24(10-12-25)17-18-6-3-2-4-7-18/h2-4,6-7,14-16,23H,5,8-13,17H2,1H3. The Hall–Kier alpha value is -2.44. The zero-order chi connectivity index (χ0) is 18.9. The first-order chi connectivity index (χ1) is 13.3. The van der Waals surface area contributed by atoms with Crippen LogP contribution in [0.15, 0.2) is 48.8 Å². The molecular weight excluding hydrogens is 340 g/mol. The Kier molecular flexibility index (Phi) is 7.19. The fourth-order valence-electron chi connectivity index (χ4n) is 3.24. The molecule has 0 spiro atoms. The lowest BCUT2D eigenvalue weighted by Gasteiger charge is -2.34. The summed E-state index contributed by atoms with van der Waals surface area (Å²) >= 11 is 0. The maximum absolute atomic E-state index is 12.8. The number of anilines is 1. The summed E-state index contributed by atoms with van der Waals surface area (Å²) in [7, 11) is 1.69. The molecule has 0 atom stereocenters. The highest BCUT2D eigenvalue weighted by Gasteiger charge is 2.22. The second-order valence-electron chi connectivity index (χ2n) is 6.79. The maximum atomic E-state index is 12.8. The predicted molar refractivity (Wildman–Crippen MR) is 107 cm³/mol. The molecule has 1 amide bonds. The van der Waals surface area contributed by atoms with Crippen molar-refractivity contribution in [2.24, 2.45) is 0 Å². The number of nitrogens with one attached hydrogen (secondary N) is 1. The largest absolute Gasteiger partial charge is 0.385 e. The monoisotopic (exact) mass is 368 g/mol. The first kappa shape index (κ1) is 19.3. The van der Waals surface area contributed by atoms with E-state index in [2.05, 4.69) is 39.5 Å². The van der Waals surface area contributed by atoms with Crippen molar-refractivity contribution in [3.8, 4) is 0 Å². The summed E-state index contributed by atoms with van der Waals surface area (Å²) in [6, 6.07) is 12.4. The normalized spacial score (nSPS) is 14.9. The average Bonchev–Trinajstić information content (AvgIpc) is 2.72. The molecule has 0 radical (unpaired) electrons. The zero-order valence-electron chi connectivity index (χ0n) is 15.9. The van der Waals surface area contributed by atoms with Gasteiger partial charge in [0.05, 0.1) is 11.3 Å². The molecule has 6 heteroatoms. The van der Waals surface area contributed by atoms with Crippen LogP contribution in [0.5, 0.6) is 0 Å². The van der Waals surface area contributed by atoms with Gasteiger partial charge >= 0.3 is 0 Å². The molecule has 1 aromatic carbocycles. The highest BCUT2D eigenvalue weighted by molar-refractivity contribution is 5.94. The number of amides is 1. The first-order valence-corrected chi connectivity index (χ1v) is 9.49. The SMILES string of the molecule is COCCCNc1cncc(C(=O)N2CCN(Cc3ccccc3)CC2)c1. The minimum Gasteiger partial charge on any atom is -0.385 e. The smallest absolute Gasteiger partial charge is 0.255 e. The number of piperazine rings is 1. The second kappa shape index (κ2) is 10.0. The highest BCUT2D eigenvalue weighted by Crippen LogP contribution is 2.14. The van der Waals surface area contributed by atoms with Gasteiger partial charge in [0.25, 0.3) is 5.91 Å². The zero-order valence-corrected chi connectivity index (χ0v) is 15.9. The number of benzene rings is 1. The van der Waals surface area contributed by atoms with Crippen molar-refractivity contribution in [2.75, 3.05) is 51.8 Å². The van der Waals surface area contributed by atoms with Crippen LogP contribution in [0.1, 0.15) is 22.3 Å². The average molecular weight is 368 g/mol. The summed E-state index contributed by atoms with van der Waals surface area (Å²) in [5, 5.41) is 3.29. The second-order valence-corrected chi connectivity index (χ2v) is 6.79. The summed E-state index contributed by atoms with van der Waals surface area (Å²) in [6.45, 7) is 5.73. The Labute approximate surface area is 161 Å². The number of ether oxygens (including phenoxy) is 1. The van der Waals surface area contributed by atoms with Crippen molar-refractivity contribution in [3.63, 3.8) is 0 Å². The quantitative estimate of drug-likeness (QED) is 0.726. The molecule has 2 aromatic rings. The van der Waals surface area contributed by atoms with Crippen molar-refractivity contribution in [3.05, 3.63) is 59.9 Å². The molecule has 0 bridgehead atoms. The number of aromatic nitrogens is 1. The van der Waals surface area contributed by atoms with Crippen LogP contribution in [0.4, 0.5) is 5.69 Å². The van der Waals surface area contributed by atoms with Gasteiger partial charge in [0, 0.05) is 65.4 Å². The molecule has 1 aliphatic rings. The maximum Gasteiger partial charge on any atom is 0.255 e. The molecule has 27 heavy (non-hydrogen) atoms. The number of carbonyl (C=O) groups is 1. The minimum absolute atomic E-state index is 0.0578. The lowest BCUT2D eigenvalue weighted by atomic mass is 10.2. The van der Waals surface area contributed by atoms with Crippen LogP contribution >= 0.6 is 0 Å². The number of nitrogens with zero attached hydrogens (tertiary/aromatic N) is 3. The van der Waals surface area contributed by atoms with Crippen molar-refractivity contribution in [1.29, 1.82) is 0 Å². The molecule has 1 N–H and O–H groups in total. The van der Waals surface area contributed by atoms with E-state index in [4.69, 9.17) is 4.74 Å². The molecule has 1 aromatic heterocycles. The van der Waals surface area contributed by atoms with Crippen molar-refractivity contribution in [1.82, 2.24) is 14.8 Å². The Morgan fingerprint density at radius 3 is 2.67 bits per heavy atom. The summed E-state index contributed by atoms with van der Waals surface area (Å²) in [4.78, 5) is 21.3. The lowest BCUT2D eigenvalue weighted by molar-refractivity contribution is 0.0628. The van der Waals surface area contributed by atoms with E-state index in [1.54, 1.807) is 19.5 Å². The summed E-state index contributed by atoms with van der Waals surface area (Å²) < 4.78 is 5.05. The number of carbonyl (C=O) groups excluding carboxylic acids is 1. The molecule has 1 aliphatic heterocycles. The number of rotatable bonds is 8. The summed E-state index contributed by atoms with van der Waals surface area (Å²) in [5.41, 5.74) is 2.83. The fourth-order valence-corrected chi connectivity index (χ4v) is 3.24. The number of hydrogen-bond acceptors (Lipinski definition) is 5. The van der Waals surface area contributed by atoms with Crippen LogP contribution in [-0.2, 0) is 11.3 Å². The summed E-state index contributed by atoms with van der Waals surface area (Å²) in [5.74, 6) is 0.0578. The Morgan fingerprint density at radius 1 is 1.15 bits per heavy atom. The molecule has 0 saturated carbocycles. The van der Waals surface area contributed by atoms with E-state index in [1.807, 2.05) is 17.0 Å². The van der Waals surface area contributed by atoms with E-state index in [9.17, 15) is 4.79 Å². The molecule has 144 valence electrons. The molecule has 0 unspecified atom stereocenters. The van der Waals surface area contributed by atoms with Gasteiger partial charge in [0.1, 0.15) is 0 Å². The first-order valence-electron chi connectivity index (χ1n) is 9.49. The summed E-state index contributed by atoms with van der Waals surface area (Å²) in [6.07, 6.45) is 4.32. The van der Waals surface area contributed by atoms with Crippen molar-refractivity contribution >= 4 is 11.6 Å². The van der Waals surface area contributed by atoms with Crippen LogP contribution in [-0.4, -0.2) is 67.1 Å². The fraction of sp³-hybridized carbons (Fsp3) is 0.429. The molecule has 2 heterocycles.